The van der Waals surface area contributed by atoms with E-state index < -0.39 is 0 Å². The Labute approximate surface area is 88.0 Å². The van der Waals surface area contributed by atoms with Crippen molar-refractivity contribution in [2.24, 2.45) is 0 Å². The molecule has 0 aliphatic heterocycles. The zero-order valence-electron chi connectivity index (χ0n) is 9.02. The molecule has 0 aliphatic carbocycles. The number of nitrogens with zero attached hydrogens (tertiary/aromatic N) is 4. The average Bonchev–Trinajstić information content (AvgIpc) is 2.27. The Morgan fingerprint density at radius 2 is 2.07 bits per heavy atom. The van der Waals surface area contributed by atoms with Gasteiger partial charge >= 0.3 is 0 Å². The monoisotopic (exact) mass is 203 g/mol. The van der Waals surface area contributed by atoms with Crippen LogP contribution < -0.4 is 5.32 Å². The highest BCUT2D eigenvalue weighted by Gasteiger charge is 2.09. The van der Waals surface area contributed by atoms with Crippen molar-refractivity contribution < 1.29 is 0 Å². The number of aromatic nitrogens is 4. The van der Waals surface area contributed by atoms with E-state index in [1.807, 2.05) is 7.05 Å². The molecule has 0 bridgehead atoms. The molecule has 5 heteroatoms. The zero-order chi connectivity index (χ0) is 10.8. The molecular formula is C10H13N5. The van der Waals surface area contributed by atoms with Crippen LogP contribution in [0.25, 0.3) is 11.0 Å². The van der Waals surface area contributed by atoms with Crippen LogP contribution in [0.15, 0.2) is 12.5 Å². The predicted octanol–water partition coefficient (Wildman–Crippen LogP) is 1.58. The number of hydrogen-bond donors (Lipinski definition) is 1. The summed E-state index contributed by atoms with van der Waals surface area (Å²) in [6, 6.07) is 0. The molecule has 0 atom stereocenters. The Hall–Kier alpha value is -1.78. The van der Waals surface area contributed by atoms with E-state index >= 15 is 0 Å². The quantitative estimate of drug-likeness (QED) is 0.802. The second-order valence-corrected chi connectivity index (χ2v) is 3.59. The van der Waals surface area contributed by atoms with Crippen molar-refractivity contribution in [2.45, 2.75) is 19.8 Å². The summed E-state index contributed by atoms with van der Waals surface area (Å²) >= 11 is 0. The third-order valence-corrected chi connectivity index (χ3v) is 2.13. The van der Waals surface area contributed by atoms with Gasteiger partial charge in [-0.15, -0.1) is 0 Å². The van der Waals surface area contributed by atoms with Crippen LogP contribution >= 0.6 is 0 Å². The first kappa shape index (κ1) is 9.76. The molecule has 0 fully saturated rings. The Kier molecular flexibility index (Phi) is 2.45. The van der Waals surface area contributed by atoms with Crippen LogP contribution in [0, 0.1) is 0 Å². The lowest BCUT2D eigenvalue weighted by atomic mass is 10.2. The third-order valence-electron chi connectivity index (χ3n) is 2.13. The van der Waals surface area contributed by atoms with Crippen LogP contribution in [0.2, 0.25) is 0 Å². The van der Waals surface area contributed by atoms with Crippen molar-refractivity contribution >= 4 is 16.9 Å². The van der Waals surface area contributed by atoms with Crippen molar-refractivity contribution in [3.63, 3.8) is 0 Å². The number of anilines is 1. The molecular weight excluding hydrogens is 190 g/mol. The van der Waals surface area contributed by atoms with Crippen molar-refractivity contribution in [2.75, 3.05) is 12.4 Å². The molecule has 0 radical (unpaired) electrons. The average molecular weight is 203 g/mol. The molecule has 0 saturated heterocycles. The maximum atomic E-state index is 4.41. The molecule has 0 saturated carbocycles. The normalized spacial score (nSPS) is 10.9. The number of rotatable bonds is 2. The fourth-order valence-electron chi connectivity index (χ4n) is 1.33. The highest BCUT2D eigenvalue weighted by Crippen LogP contribution is 2.19. The maximum absolute atomic E-state index is 4.41. The van der Waals surface area contributed by atoms with E-state index in [1.54, 1.807) is 6.20 Å². The van der Waals surface area contributed by atoms with Crippen LogP contribution in [-0.2, 0) is 0 Å². The number of hydrogen-bond acceptors (Lipinski definition) is 5. The Morgan fingerprint density at radius 1 is 1.27 bits per heavy atom. The standard InChI is InChI=1S/C10H13N5/c1-6(2)9-14-7-4-12-5-13-8(7)10(11-3)15-9/h4-6H,1-3H3,(H,11,14,15). The van der Waals surface area contributed by atoms with Crippen LogP contribution in [0.3, 0.4) is 0 Å². The van der Waals surface area contributed by atoms with Gasteiger partial charge in [-0.25, -0.2) is 19.9 Å². The highest BCUT2D eigenvalue weighted by molar-refractivity contribution is 5.84. The zero-order valence-corrected chi connectivity index (χ0v) is 9.02. The molecule has 5 nitrogen and oxygen atoms in total. The summed E-state index contributed by atoms with van der Waals surface area (Å²) in [5, 5.41) is 3.02. The van der Waals surface area contributed by atoms with E-state index in [-0.39, 0.29) is 0 Å². The van der Waals surface area contributed by atoms with Gasteiger partial charge in [-0.05, 0) is 0 Å². The summed E-state index contributed by atoms with van der Waals surface area (Å²) in [4.78, 5) is 16.9. The molecule has 2 rings (SSSR count). The fraction of sp³-hybridized carbons (Fsp3) is 0.400. The minimum atomic E-state index is 0.293. The maximum Gasteiger partial charge on any atom is 0.156 e. The Balaban J connectivity index is 2.71. The van der Waals surface area contributed by atoms with Crippen molar-refractivity contribution in [1.82, 2.24) is 19.9 Å². The fourth-order valence-corrected chi connectivity index (χ4v) is 1.33. The lowest BCUT2D eigenvalue weighted by molar-refractivity contribution is 0.783. The lowest BCUT2D eigenvalue weighted by Gasteiger charge is -2.08. The van der Waals surface area contributed by atoms with Crippen LogP contribution in [0.5, 0.6) is 0 Å². The van der Waals surface area contributed by atoms with Crippen molar-refractivity contribution in [1.29, 1.82) is 0 Å². The molecule has 78 valence electrons. The van der Waals surface area contributed by atoms with Crippen LogP contribution in [-0.4, -0.2) is 27.0 Å². The molecule has 0 aliphatic rings. The second-order valence-electron chi connectivity index (χ2n) is 3.59. The Morgan fingerprint density at radius 3 is 2.73 bits per heavy atom. The van der Waals surface area contributed by atoms with Gasteiger partial charge in [0.05, 0.1) is 6.20 Å². The summed E-state index contributed by atoms with van der Waals surface area (Å²) in [6.07, 6.45) is 3.21. The van der Waals surface area contributed by atoms with Gasteiger partial charge in [-0.1, -0.05) is 13.8 Å². The van der Waals surface area contributed by atoms with E-state index in [4.69, 9.17) is 0 Å². The topological polar surface area (TPSA) is 63.6 Å². The lowest BCUT2D eigenvalue weighted by Crippen LogP contribution is -2.04. The van der Waals surface area contributed by atoms with Gasteiger partial charge in [0, 0.05) is 13.0 Å². The largest absolute Gasteiger partial charge is 0.371 e. The van der Waals surface area contributed by atoms with Gasteiger partial charge in [-0.3, -0.25) is 0 Å². The minimum absolute atomic E-state index is 0.293. The van der Waals surface area contributed by atoms with Crippen LogP contribution in [0.1, 0.15) is 25.6 Å². The predicted molar refractivity (Wildman–Crippen MR) is 58.8 cm³/mol. The van der Waals surface area contributed by atoms with E-state index in [2.05, 4.69) is 39.1 Å². The minimum Gasteiger partial charge on any atom is -0.371 e. The second kappa shape index (κ2) is 3.76. The van der Waals surface area contributed by atoms with Gasteiger partial charge in [0.1, 0.15) is 23.2 Å². The summed E-state index contributed by atoms with van der Waals surface area (Å²) < 4.78 is 0. The van der Waals surface area contributed by atoms with E-state index in [0.29, 0.717) is 5.92 Å². The van der Waals surface area contributed by atoms with Gasteiger partial charge in [0.2, 0.25) is 0 Å². The summed E-state index contributed by atoms with van der Waals surface area (Å²) in [5.41, 5.74) is 1.54. The van der Waals surface area contributed by atoms with Crippen molar-refractivity contribution in [3.05, 3.63) is 18.3 Å². The molecule has 2 aromatic rings. The number of nitrogens with one attached hydrogen (secondary N) is 1. The van der Waals surface area contributed by atoms with Crippen LogP contribution in [0.4, 0.5) is 5.82 Å². The summed E-state index contributed by atoms with van der Waals surface area (Å²) in [7, 11) is 1.83. The highest BCUT2D eigenvalue weighted by atomic mass is 15.0. The first-order valence-corrected chi connectivity index (χ1v) is 4.87. The molecule has 2 aromatic heterocycles. The van der Waals surface area contributed by atoms with Crippen molar-refractivity contribution in [3.8, 4) is 0 Å². The van der Waals surface area contributed by atoms with E-state index in [9.17, 15) is 0 Å². The van der Waals surface area contributed by atoms with E-state index in [1.165, 1.54) is 6.33 Å². The Bertz CT molecular complexity index is 480. The molecule has 2 heterocycles. The van der Waals surface area contributed by atoms with Gasteiger partial charge in [0.25, 0.3) is 0 Å². The van der Waals surface area contributed by atoms with E-state index in [0.717, 1.165) is 22.7 Å². The molecule has 1 N–H and O–H groups in total. The van der Waals surface area contributed by atoms with Gasteiger partial charge < -0.3 is 5.32 Å². The third kappa shape index (κ3) is 1.72. The number of fused-ring (bicyclic) bond motifs is 1. The molecule has 0 spiro atoms. The van der Waals surface area contributed by atoms with Gasteiger partial charge in [0.15, 0.2) is 5.82 Å². The first-order valence-electron chi connectivity index (χ1n) is 4.87. The molecule has 0 unspecified atom stereocenters. The molecule has 0 amide bonds. The molecule has 15 heavy (non-hydrogen) atoms. The summed E-state index contributed by atoms with van der Waals surface area (Å²) in [5.74, 6) is 1.86. The SMILES string of the molecule is CNc1nc(C(C)C)nc2cncnc12. The smallest absolute Gasteiger partial charge is 0.156 e. The first-order chi connectivity index (χ1) is 7.22. The summed E-state index contributed by atoms with van der Waals surface area (Å²) in [6.45, 7) is 4.12. The van der Waals surface area contributed by atoms with Gasteiger partial charge in [-0.2, -0.15) is 0 Å². The molecule has 0 aromatic carbocycles.